The van der Waals surface area contributed by atoms with Gasteiger partial charge in [0.2, 0.25) is 0 Å². The molecule has 1 amide bonds. The molecule has 4 nitrogen and oxygen atoms in total. The summed E-state index contributed by atoms with van der Waals surface area (Å²) < 4.78 is 5.44. The second kappa shape index (κ2) is 7.41. The summed E-state index contributed by atoms with van der Waals surface area (Å²) in [5.74, 6) is 0.0802. The molecule has 110 valence electrons. The van der Waals surface area contributed by atoms with Crippen LogP contribution < -0.4 is 0 Å². The zero-order chi connectivity index (χ0) is 14.4. The highest BCUT2D eigenvalue weighted by molar-refractivity contribution is 5.82. The zero-order valence-electron chi connectivity index (χ0n) is 12.4. The SMILES string of the molecule is CCN1CCCN(C(=O)[C@@H](OC)c2ccccc2)CC1. The van der Waals surface area contributed by atoms with Crippen molar-refractivity contribution < 1.29 is 9.53 Å². The lowest BCUT2D eigenvalue weighted by Gasteiger charge is -2.25. The lowest BCUT2D eigenvalue weighted by atomic mass is 10.1. The van der Waals surface area contributed by atoms with Crippen molar-refractivity contribution in [2.75, 3.05) is 39.8 Å². The van der Waals surface area contributed by atoms with Crippen LogP contribution in [-0.2, 0) is 9.53 Å². The fourth-order valence-corrected chi connectivity index (χ4v) is 2.68. The highest BCUT2D eigenvalue weighted by Crippen LogP contribution is 2.20. The molecular formula is C16H24N2O2. The van der Waals surface area contributed by atoms with E-state index in [2.05, 4.69) is 11.8 Å². The van der Waals surface area contributed by atoms with Crippen LogP contribution in [0.3, 0.4) is 0 Å². The molecule has 0 unspecified atom stereocenters. The molecule has 1 aliphatic rings. The molecule has 2 rings (SSSR count). The fourth-order valence-electron chi connectivity index (χ4n) is 2.68. The summed E-state index contributed by atoms with van der Waals surface area (Å²) in [5.41, 5.74) is 0.927. The van der Waals surface area contributed by atoms with Crippen LogP contribution in [0, 0.1) is 0 Å². The Labute approximate surface area is 121 Å². The van der Waals surface area contributed by atoms with Crippen LogP contribution in [0.5, 0.6) is 0 Å². The van der Waals surface area contributed by atoms with E-state index in [9.17, 15) is 4.79 Å². The van der Waals surface area contributed by atoms with Gasteiger partial charge in [-0.3, -0.25) is 4.79 Å². The molecule has 20 heavy (non-hydrogen) atoms. The van der Waals surface area contributed by atoms with E-state index in [1.54, 1.807) is 7.11 Å². The number of hydrogen-bond acceptors (Lipinski definition) is 3. The molecule has 0 N–H and O–H groups in total. The Morgan fingerprint density at radius 2 is 1.95 bits per heavy atom. The molecule has 1 aromatic carbocycles. The third-order valence-electron chi connectivity index (χ3n) is 3.91. The highest BCUT2D eigenvalue weighted by Gasteiger charge is 2.26. The maximum absolute atomic E-state index is 12.7. The summed E-state index contributed by atoms with van der Waals surface area (Å²) >= 11 is 0. The van der Waals surface area contributed by atoms with Crippen LogP contribution in [0.15, 0.2) is 30.3 Å². The van der Waals surface area contributed by atoms with Crippen molar-refractivity contribution >= 4 is 5.91 Å². The van der Waals surface area contributed by atoms with E-state index in [-0.39, 0.29) is 5.91 Å². The summed E-state index contributed by atoms with van der Waals surface area (Å²) in [5, 5.41) is 0. The first kappa shape index (κ1) is 15.0. The first-order valence-corrected chi connectivity index (χ1v) is 7.35. The number of amides is 1. The molecule has 0 radical (unpaired) electrons. The molecule has 0 spiro atoms. The van der Waals surface area contributed by atoms with Crippen LogP contribution in [-0.4, -0.2) is 55.5 Å². The number of nitrogens with zero attached hydrogens (tertiary/aromatic N) is 2. The quantitative estimate of drug-likeness (QED) is 0.842. The van der Waals surface area contributed by atoms with E-state index in [1.165, 1.54) is 0 Å². The monoisotopic (exact) mass is 276 g/mol. The molecule has 1 saturated heterocycles. The maximum Gasteiger partial charge on any atom is 0.256 e. The van der Waals surface area contributed by atoms with Gasteiger partial charge in [0.1, 0.15) is 0 Å². The third kappa shape index (κ3) is 3.58. The second-order valence-corrected chi connectivity index (χ2v) is 5.14. The van der Waals surface area contributed by atoms with E-state index in [0.29, 0.717) is 0 Å². The summed E-state index contributed by atoms with van der Waals surface area (Å²) in [6.45, 7) is 6.85. The Morgan fingerprint density at radius 1 is 1.20 bits per heavy atom. The molecular weight excluding hydrogens is 252 g/mol. The Bertz CT molecular complexity index is 422. The predicted octanol–water partition coefficient (Wildman–Crippen LogP) is 1.93. The van der Waals surface area contributed by atoms with E-state index < -0.39 is 6.10 Å². The Hall–Kier alpha value is -1.39. The van der Waals surface area contributed by atoms with Crippen molar-refractivity contribution in [3.8, 4) is 0 Å². The number of methoxy groups -OCH3 is 1. The van der Waals surface area contributed by atoms with Crippen molar-refractivity contribution in [3.05, 3.63) is 35.9 Å². The summed E-state index contributed by atoms with van der Waals surface area (Å²) in [6, 6.07) is 9.72. The van der Waals surface area contributed by atoms with Gasteiger partial charge in [-0.25, -0.2) is 0 Å². The van der Waals surface area contributed by atoms with Gasteiger partial charge in [0, 0.05) is 26.7 Å². The number of hydrogen-bond donors (Lipinski definition) is 0. The maximum atomic E-state index is 12.7. The number of carbonyl (C=O) groups is 1. The van der Waals surface area contributed by atoms with Crippen molar-refractivity contribution in [3.63, 3.8) is 0 Å². The molecule has 4 heteroatoms. The van der Waals surface area contributed by atoms with Crippen LogP contribution in [0.25, 0.3) is 0 Å². The van der Waals surface area contributed by atoms with Crippen LogP contribution in [0.2, 0.25) is 0 Å². The number of carbonyl (C=O) groups excluding carboxylic acids is 1. The van der Waals surface area contributed by atoms with E-state index in [4.69, 9.17) is 4.74 Å². The number of likely N-dealkylation sites (N-methyl/N-ethyl adjacent to an activating group) is 1. The Kier molecular flexibility index (Phi) is 5.56. The van der Waals surface area contributed by atoms with E-state index >= 15 is 0 Å². The van der Waals surface area contributed by atoms with Gasteiger partial charge in [0.15, 0.2) is 6.10 Å². The van der Waals surface area contributed by atoms with Gasteiger partial charge in [0.05, 0.1) is 0 Å². The van der Waals surface area contributed by atoms with Crippen molar-refractivity contribution in [2.45, 2.75) is 19.4 Å². The number of benzene rings is 1. The molecule has 0 aromatic heterocycles. The normalized spacial score (nSPS) is 18.6. The minimum atomic E-state index is -0.482. The molecule has 1 atom stereocenters. The average Bonchev–Trinajstić information content (AvgIpc) is 2.74. The molecule has 0 aliphatic carbocycles. The first-order valence-electron chi connectivity index (χ1n) is 7.35. The predicted molar refractivity (Wildman–Crippen MR) is 79.5 cm³/mol. The topological polar surface area (TPSA) is 32.8 Å². The highest BCUT2D eigenvalue weighted by atomic mass is 16.5. The minimum absolute atomic E-state index is 0.0802. The summed E-state index contributed by atoms with van der Waals surface area (Å²) in [7, 11) is 1.60. The van der Waals surface area contributed by atoms with Crippen LogP contribution >= 0.6 is 0 Å². The average molecular weight is 276 g/mol. The zero-order valence-corrected chi connectivity index (χ0v) is 12.4. The lowest BCUT2D eigenvalue weighted by Crippen LogP contribution is -2.38. The molecule has 1 aromatic rings. The molecule has 1 heterocycles. The summed E-state index contributed by atoms with van der Waals surface area (Å²) in [6.07, 6.45) is 0.550. The standard InChI is InChI=1S/C16H24N2O2/c1-3-17-10-7-11-18(13-12-17)16(19)15(20-2)14-8-5-4-6-9-14/h4-6,8-9,15H,3,7,10-13H2,1-2H3/t15-/m0/s1. The van der Waals surface area contributed by atoms with Crippen LogP contribution in [0.4, 0.5) is 0 Å². The molecule has 0 saturated carbocycles. The molecule has 1 fully saturated rings. The lowest BCUT2D eigenvalue weighted by molar-refractivity contribution is -0.142. The smallest absolute Gasteiger partial charge is 0.256 e. The van der Waals surface area contributed by atoms with Crippen molar-refractivity contribution in [2.24, 2.45) is 0 Å². The van der Waals surface area contributed by atoms with Crippen LogP contribution in [0.1, 0.15) is 25.0 Å². The minimum Gasteiger partial charge on any atom is -0.367 e. The van der Waals surface area contributed by atoms with Gasteiger partial charge >= 0.3 is 0 Å². The van der Waals surface area contributed by atoms with Gasteiger partial charge in [0.25, 0.3) is 5.91 Å². The largest absolute Gasteiger partial charge is 0.367 e. The Balaban J connectivity index is 2.05. The molecule has 1 aliphatic heterocycles. The molecule has 0 bridgehead atoms. The Morgan fingerprint density at radius 3 is 2.60 bits per heavy atom. The van der Waals surface area contributed by atoms with E-state index in [0.717, 1.165) is 44.7 Å². The van der Waals surface area contributed by atoms with E-state index in [1.807, 2.05) is 35.2 Å². The van der Waals surface area contributed by atoms with Crippen molar-refractivity contribution in [1.29, 1.82) is 0 Å². The number of ether oxygens (including phenoxy) is 1. The summed E-state index contributed by atoms with van der Waals surface area (Å²) in [4.78, 5) is 17.0. The van der Waals surface area contributed by atoms with Gasteiger partial charge in [-0.05, 0) is 25.1 Å². The first-order chi connectivity index (χ1) is 9.76. The fraction of sp³-hybridized carbons (Fsp3) is 0.562. The van der Waals surface area contributed by atoms with Gasteiger partial charge in [-0.2, -0.15) is 0 Å². The van der Waals surface area contributed by atoms with Gasteiger partial charge in [-0.15, -0.1) is 0 Å². The van der Waals surface area contributed by atoms with Gasteiger partial charge in [-0.1, -0.05) is 37.3 Å². The number of rotatable bonds is 4. The van der Waals surface area contributed by atoms with Gasteiger partial charge < -0.3 is 14.5 Å². The van der Waals surface area contributed by atoms with Crippen molar-refractivity contribution in [1.82, 2.24) is 9.80 Å². The second-order valence-electron chi connectivity index (χ2n) is 5.14. The third-order valence-corrected chi connectivity index (χ3v) is 3.91.